The van der Waals surface area contributed by atoms with Crippen LogP contribution in [0.4, 0.5) is 17.1 Å². The molecule has 0 saturated heterocycles. The molecule has 0 aliphatic carbocycles. The number of imide groups is 1. The van der Waals surface area contributed by atoms with Gasteiger partial charge < -0.3 is 15.4 Å². The van der Waals surface area contributed by atoms with Gasteiger partial charge in [0.05, 0.1) is 17.9 Å². The second-order valence-electron chi connectivity index (χ2n) is 8.39. The average Bonchev–Trinajstić information content (AvgIpc) is 3.08. The highest BCUT2D eigenvalue weighted by Gasteiger charge is 2.39. The Kier molecular flexibility index (Phi) is 7.40. The van der Waals surface area contributed by atoms with Crippen molar-refractivity contribution in [2.75, 3.05) is 22.1 Å². The lowest BCUT2D eigenvalue weighted by molar-refractivity contribution is -0.120. The summed E-state index contributed by atoms with van der Waals surface area (Å²) in [4.78, 5) is 51.8. The molecular weight excluding hydrogens is 494 g/mol. The first kappa shape index (κ1) is 25.7. The SMILES string of the molecule is CCOC(=O)c1cccc(NC(=O)c2cccc(NC3=C(Cl)C(=O)N(c4ccc(C)cc4C)C3=O)c2)c1. The number of carbonyl (C=O) groups excluding carboxylic acids is 4. The van der Waals surface area contributed by atoms with E-state index in [1.807, 2.05) is 26.0 Å². The first-order valence-electron chi connectivity index (χ1n) is 11.5. The lowest BCUT2D eigenvalue weighted by Gasteiger charge is -2.18. The fraction of sp³-hybridized carbons (Fsp3) is 0.143. The van der Waals surface area contributed by atoms with Gasteiger partial charge in [-0.3, -0.25) is 14.4 Å². The van der Waals surface area contributed by atoms with Gasteiger partial charge in [-0.25, -0.2) is 9.69 Å². The third-order valence-corrected chi connectivity index (χ3v) is 6.00. The van der Waals surface area contributed by atoms with Crippen LogP contribution in [0.15, 0.2) is 77.5 Å². The lowest BCUT2D eigenvalue weighted by atomic mass is 10.1. The van der Waals surface area contributed by atoms with Crippen molar-refractivity contribution in [3.05, 3.63) is 99.7 Å². The molecule has 1 aliphatic heterocycles. The molecule has 4 rings (SSSR count). The van der Waals surface area contributed by atoms with Gasteiger partial charge in [0, 0.05) is 16.9 Å². The van der Waals surface area contributed by atoms with E-state index in [1.54, 1.807) is 49.4 Å². The predicted molar refractivity (Wildman–Crippen MR) is 142 cm³/mol. The van der Waals surface area contributed by atoms with Gasteiger partial charge in [0.1, 0.15) is 10.7 Å². The third-order valence-electron chi connectivity index (χ3n) is 5.65. The van der Waals surface area contributed by atoms with Crippen molar-refractivity contribution in [2.24, 2.45) is 0 Å². The van der Waals surface area contributed by atoms with Crippen LogP contribution in [0.1, 0.15) is 38.8 Å². The number of halogens is 1. The third kappa shape index (κ3) is 5.39. The molecule has 0 radical (unpaired) electrons. The summed E-state index contributed by atoms with van der Waals surface area (Å²) >= 11 is 6.26. The van der Waals surface area contributed by atoms with Gasteiger partial charge in [-0.15, -0.1) is 0 Å². The molecule has 0 atom stereocenters. The summed E-state index contributed by atoms with van der Waals surface area (Å²) in [5.74, 6) is -2.14. The molecular formula is C28H24ClN3O5. The Morgan fingerprint density at radius 3 is 2.27 bits per heavy atom. The molecule has 0 aromatic heterocycles. The zero-order chi connectivity index (χ0) is 26.7. The van der Waals surface area contributed by atoms with Crippen LogP contribution in [0.5, 0.6) is 0 Å². The van der Waals surface area contributed by atoms with Crippen LogP contribution in [0.3, 0.4) is 0 Å². The Balaban J connectivity index is 1.52. The molecule has 0 unspecified atom stereocenters. The number of hydrogen-bond acceptors (Lipinski definition) is 6. The summed E-state index contributed by atoms with van der Waals surface area (Å²) in [6.07, 6.45) is 0. The summed E-state index contributed by atoms with van der Waals surface area (Å²) in [6, 6.07) is 18.2. The van der Waals surface area contributed by atoms with E-state index in [-0.39, 0.29) is 22.9 Å². The van der Waals surface area contributed by atoms with E-state index in [1.165, 1.54) is 12.1 Å². The van der Waals surface area contributed by atoms with Gasteiger partial charge in [0.15, 0.2) is 0 Å². The molecule has 0 fully saturated rings. The Bertz CT molecular complexity index is 1460. The Morgan fingerprint density at radius 1 is 0.892 bits per heavy atom. The number of esters is 1. The Morgan fingerprint density at radius 2 is 1.57 bits per heavy atom. The highest BCUT2D eigenvalue weighted by molar-refractivity contribution is 6.53. The van der Waals surface area contributed by atoms with E-state index in [4.69, 9.17) is 16.3 Å². The lowest BCUT2D eigenvalue weighted by Crippen LogP contribution is -2.32. The van der Waals surface area contributed by atoms with Crippen molar-refractivity contribution < 1.29 is 23.9 Å². The molecule has 188 valence electrons. The van der Waals surface area contributed by atoms with E-state index in [0.717, 1.165) is 16.0 Å². The number of hydrogen-bond donors (Lipinski definition) is 2. The van der Waals surface area contributed by atoms with Crippen LogP contribution in [0, 0.1) is 13.8 Å². The van der Waals surface area contributed by atoms with Gasteiger partial charge >= 0.3 is 5.97 Å². The number of amides is 3. The number of carbonyl (C=O) groups is 4. The van der Waals surface area contributed by atoms with Crippen LogP contribution in [0.2, 0.25) is 0 Å². The molecule has 3 amide bonds. The van der Waals surface area contributed by atoms with Crippen molar-refractivity contribution in [3.8, 4) is 0 Å². The van der Waals surface area contributed by atoms with Gasteiger partial charge in [-0.2, -0.15) is 0 Å². The monoisotopic (exact) mass is 517 g/mol. The number of nitrogens with zero attached hydrogens (tertiary/aromatic N) is 1. The topological polar surface area (TPSA) is 105 Å². The Labute approximate surface area is 218 Å². The van der Waals surface area contributed by atoms with Crippen LogP contribution >= 0.6 is 11.6 Å². The minimum atomic E-state index is -0.628. The molecule has 8 nitrogen and oxygen atoms in total. The molecule has 0 bridgehead atoms. The zero-order valence-corrected chi connectivity index (χ0v) is 21.2. The van der Waals surface area contributed by atoms with E-state index in [9.17, 15) is 19.2 Å². The summed E-state index contributed by atoms with van der Waals surface area (Å²) in [7, 11) is 0. The van der Waals surface area contributed by atoms with Gasteiger partial charge in [-0.05, 0) is 68.8 Å². The minimum Gasteiger partial charge on any atom is -0.462 e. The quantitative estimate of drug-likeness (QED) is 0.331. The molecule has 1 aliphatic rings. The number of ether oxygens (including phenoxy) is 1. The van der Waals surface area contributed by atoms with E-state index in [0.29, 0.717) is 22.6 Å². The molecule has 0 saturated carbocycles. The fourth-order valence-corrected chi connectivity index (χ4v) is 4.12. The maximum absolute atomic E-state index is 13.1. The predicted octanol–water partition coefficient (Wildman–Crippen LogP) is 5.17. The van der Waals surface area contributed by atoms with E-state index < -0.39 is 23.7 Å². The summed E-state index contributed by atoms with van der Waals surface area (Å²) in [6.45, 7) is 5.69. The highest BCUT2D eigenvalue weighted by Crippen LogP contribution is 2.32. The maximum atomic E-state index is 13.1. The minimum absolute atomic E-state index is 0.0775. The number of aryl methyl sites for hydroxylation is 2. The first-order chi connectivity index (χ1) is 17.7. The molecule has 1 heterocycles. The largest absolute Gasteiger partial charge is 0.462 e. The van der Waals surface area contributed by atoms with Gasteiger partial charge in [0.2, 0.25) is 0 Å². The second-order valence-corrected chi connectivity index (χ2v) is 8.76. The maximum Gasteiger partial charge on any atom is 0.338 e. The van der Waals surface area contributed by atoms with E-state index in [2.05, 4.69) is 10.6 Å². The first-order valence-corrected chi connectivity index (χ1v) is 11.9. The van der Waals surface area contributed by atoms with Crippen molar-refractivity contribution >= 4 is 52.4 Å². The molecule has 3 aromatic carbocycles. The van der Waals surface area contributed by atoms with Crippen molar-refractivity contribution in [2.45, 2.75) is 20.8 Å². The van der Waals surface area contributed by atoms with Crippen LogP contribution in [0.25, 0.3) is 0 Å². The summed E-state index contributed by atoms with van der Waals surface area (Å²) < 4.78 is 4.99. The van der Waals surface area contributed by atoms with Crippen LogP contribution in [-0.2, 0) is 14.3 Å². The zero-order valence-electron chi connectivity index (χ0n) is 20.4. The highest BCUT2D eigenvalue weighted by atomic mass is 35.5. The second kappa shape index (κ2) is 10.7. The number of anilines is 3. The van der Waals surface area contributed by atoms with Crippen molar-refractivity contribution in [1.82, 2.24) is 0 Å². The Hall–Kier alpha value is -4.43. The summed E-state index contributed by atoms with van der Waals surface area (Å²) in [5, 5.41) is 5.39. The molecule has 2 N–H and O–H groups in total. The number of rotatable bonds is 7. The molecule has 9 heteroatoms. The van der Waals surface area contributed by atoms with Crippen LogP contribution < -0.4 is 15.5 Å². The van der Waals surface area contributed by atoms with Crippen LogP contribution in [-0.4, -0.2) is 30.3 Å². The number of benzene rings is 3. The molecule has 3 aromatic rings. The normalized spacial score (nSPS) is 13.1. The van der Waals surface area contributed by atoms with Crippen molar-refractivity contribution in [3.63, 3.8) is 0 Å². The van der Waals surface area contributed by atoms with Gasteiger partial charge in [0.25, 0.3) is 17.7 Å². The van der Waals surface area contributed by atoms with E-state index >= 15 is 0 Å². The smallest absolute Gasteiger partial charge is 0.338 e. The fourth-order valence-electron chi connectivity index (χ4n) is 3.91. The molecule has 0 spiro atoms. The standard InChI is InChI=1S/C28H24ClN3O5/c1-4-37-28(36)19-8-6-10-21(15-19)31-25(33)18-7-5-9-20(14-18)30-24-23(29)26(34)32(27(24)35)22-12-11-16(2)13-17(22)3/h5-15,30H,4H2,1-3H3,(H,31,33). The van der Waals surface area contributed by atoms with Crippen molar-refractivity contribution in [1.29, 1.82) is 0 Å². The number of nitrogens with one attached hydrogen (secondary N) is 2. The molecule has 37 heavy (non-hydrogen) atoms. The average molecular weight is 518 g/mol. The summed E-state index contributed by atoms with van der Waals surface area (Å²) in [5.41, 5.74) is 3.55. The van der Waals surface area contributed by atoms with Gasteiger partial charge in [-0.1, -0.05) is 41.4 Å².